The summed E-state index contributed by atoms with van der Waals surface area (Å²) in [6, 6.07) is 12.9. The summed E-state index contributed by atoms with van der Waals surface area (Å²) >= 11 is 0. The summed E-state index contributed by atoms with van der Waals surface area (Å²) in [5, 5.41) is 13.5. The second-order valence-corrected chi connectivity index (χ2v) is 6.50. The van der Waals surface area contributed by atoms with Crippen molar-refractivity contribution in [1.82, 2.24) is 5.32 Å². The number of anilines is 1. The van der Waals surface area contributed by atoms with E-state index in [2.05, 4.69) is 5.32 Å². The Bertz CT molecular complexity index is 864. The number of nitrogens with zero attached hydrogens (tertiary/aromatic N) is 2. The maximum atomic E-state index is 12.3. The van der Waals surface area contributed by atoms with E-state index in [9.17, 15) is 19.7 Å². The van der Waals surface area contributed by atoms with Crippen LogP contribution in [0.2, 0.25) is 0 Å². The molecule has 1 saturated heterocycles. The first-order valence-corrected chi connectivity index (χ1v) is 9.02. The van der Waals surface area contributed by atoms with E-state index >= 15 is 0 Å². The molecule has 1 fully saturated rings. The zero-order valence-corrected chi connectivity index (χ0v) is 15.5. The first-order valence-electron chi connectivity index (χ1n) is 9.02. The van der Waals surface area contributed by atoms with E-state index in [1.807, 2.05) is 31.2 Å². The monoisotopic (exact) mass is 383 g/mol. The fourth-order valence-electron chi connectivity index (χ4n) is 3.14. The third kappa shape index (κ3) is 4.64. The SMILES string of the molecule is CCOc1ccc(N2CC(NC(=O)Cc3ccc([N+](=O)[O-])cc3)CC2=O)cc1. The molecule has 2 amide bonds. The number of carbonyl (C=O) groups excluding carboxylic acids is 2. The molecule has 1 aliphatic heterocycles. The fourth-order valence-corrected chi connectivity index (χ4v) is 3.14. The van der Waals surface area contributed by atoms with Crippen molar-refractivity contribution in [3.8, 4) is 5.75 Å². The molecule has 0 bridgehead atoms. The van der Waals surface area contributed by atoms with Crippen molar-refractivity contribution < 1.29 is 19.2 Å². The molecule has 1 aliphatic rings. The van der Waals surface area contributed by atoms with Crippen LogP contribution in [0.5, 0.6) is 5.75 Å². The molecule has 0 radical (unpaired) electrons. The number of nitrogens with one attached hydrogen (secondary N) is 1. The van der Waals surface area contributed by atoms with E-state index in [0.717, 1.165) is 11.4 Å². The quantitative estimate of drug-likeness (QED) is 0.584. The molecular weight excluding hydrogens is 362 g/mol. The first kappa shape index (κ1) is 19.3. The number of ether oxygens (including phenoxy) is 1. The number of amides is 2. The number of non-ortho nitro benzene ring substituents is 1. The average molecular weight is 383 g/mol. The predicted octanol–water partition coefficient (Wildman–Crippen LogP) is 2.46. The number of carbonyl (C=O) groups is 2. The largest absolute Gasteiger partial charge is 0.494 e. The Hall–Kier alpha value is -3.42. The van der Waals surface area contributed by atoms with Crippen molar-refractivity contribution in [3.63, 3.8) is 0 Å². The second kappa shape index (κ2) is 8.51. The molecule has 1 N–H and O–H groups in total. The summed E-state index contributed by atoms with van der Waals surface area (Å²) in [7, 11) is 0. The average Bonchev–Trinajstić information content (AvgIpc) is 3.03. The van der Waals surface area contributed by atoms with Gasteiger partial charge in [0.1, 0.15) is 5.75 Å². The van der Waals surface area contributed by atoms with Crippen molar-refractivity contribution >= 4 is 23.2 Å². The van der Waals surface area contributed by atoms with Crippen LogP contribution < -0.4 is 15.0 Å². The van der Waals surface area contributed by atoms with E-state index in [-0.39, 0.29) is 36.4 Å². The Balaban J connectivity index is 1.56. The van der Waals surface area contributed by atoms with Crippen molar-refractivity contribution in [1.29, 1.82) is 0 Å². The van der Waals surface area contributed by atoms with Gasteiger partial charge in [-0.05, 0) is 36.8 Å². The van der Waals surface area contributed by atoms with Gasteiger partial charge in [0.15, 0.2) is 0 Å². The van der Waals surface area contributed by atoms with Crippen LogP contribution in [0.3, 0.4) is 0 Å². The molecule has 1 atom stereocenters. The molecular formula is C20H21N3O5. The lowest BCUT2D eigenvalue weighted by Crippen LogP contribution is -2.38. The number of nitro groups is 1. The van der Waals surface area contributed by atoms with E-state index in [0.29, 0.717) is 18.7 Å². The zero-order chi connectivity index (χ0) is 20.1. The Kier molecular flexibility index (Phi) is 5.88. The van der Waals surface area contributed by atoms with Crippen LogP contribution in [-0.2, 0) is 16.0 Å². The minimum atomic E-state index is -0.483. The molecule has 2 aromatic rings. The van der Waals surface area contributed by atoms with Crippen molar-refractivity contribution in [2.45, 2.75) is 25.8 Å². The Morgan fingerprint density at radius 2 is 1.89 bits per heavy atom. The van der Waals surface area contributed by atoms with Gasteiger partial charge in [0, 0.05) is 30.8 Å². The minimum absolute atomic E-state index is 0.0171. The summed E-state index contributed by atoms with van der Waals surface area (Å²) in [6.07, 6.45) is 0.338. The van der Waals surface area contributed by atoms with E-state index in [1.54, 1.807) is 17.0 Å². The van der Waals surface area contributed by atoms with Gasteiger partial charge in [-0.25, -0.2) is 0 Å². The molecule has 28 heavy (non-hydrogen) atoms. The molecule has 0 saturated carbocycles. The van der Waals surface area contributed by atoms with E-state index in [1.165, 1.54) is 12.1 Å². The van der Waals surface area contributed by atoms with Crippen LogP contribution in [0.25, 0.3) is 0 Å². The van der Waals surface area contributed by atoms with Crippen molar-refractivity contribution in [2.24, 2.45) is 0 Å². The molecule has 8 heteroatoms. The molecule has 0 aromatic heterocycles. The Morgan fingerprint density at radius 1 is 1.21 bits per heavy atom. The lowest BCUT2D eigenvalue weighted by atomic mass is 10.1. The fraction of sp³-hybridized carbons (Fsp3) is 0.300. The van der Waals surface area contributed by atoms with Gasteiger partial charge in [0.2, 0.25) is 11.8 Å². The van der Waals surface area contributed by atoms with Gasteiger partial charge in [-0.3, -0.25) is 19.7 Å². The van der Waals surface area contributed by atoms with Gasteiger partial charge >= 0.3 is 0 Å². The maximum absolute atomic E-state index is 12.3. The van der Waals surface area contributed by atoms with Gasteiger partial charge < -0.3 is 15.0 Å². The van der Waals surface area contributed by atoms with E-state index < -0.39 is 4.92 Å². The van der Waals surface area contributed by atoms with Crippen LogP contribution in [0.1, 0.15) is 18.9 Å². The standard InChI is InChI=1S/C20H21N3O5/c1-2-28-18-9-7-16(8-10-18)22-13-15(12-20(22)25)21-19(24)11-14-3-5-17(6-4-14)23(26)27/h3-10,15H,2,11-13H2,1H3,(H,21,24). The lowest BCUT2D eigenvalue weighted by molar-refractivity contribution is -0.384. The Morgan fingerprint density at radius 3 is 2.50 bits per heavy atom. The Labute approximate surface area is 162 Å². The van der Waals surface area contributed by atoms with Crippen LogP contribution in [-0.4, -0.2) is 35.9 Å². The van der Waals surface area contributed by atoms with E-state index in [4.69, 9.17) is 4.74 Å². The normalized spacial score (nSPS) is 16.1. The number of benzene rings is 2. The predicted molar refractivity (Wildman–Crippen MR) is 103 cm³/mol. The molecule has 1 unspecified atom stereocenters. The topological polar surface area (TPSA) is 102 Å². The van der Waals surface area contributed by atoms with Gasteiger partial charge in [-0.1, -0.05) is 12.1 Å². The highest BCUT2D eigenvalue weighted by Gasteiger charge is 2.31. The maximum Gasteiger partial charge on any atom is 0.269 e. The molecule has 8 nitrogen and oxygen atoms in total. The molecule has 0 spiro atoms. The molecule has 3 rings (SSSR count). The summed E-state index contributed by atoms with van der Waals surface area (Å²) in [5.41, 5.74) is 1.42. The molecule has 1 heterocycles. The molecule has 2 aromatic carbocycles. The van der Waals surface area contributed by atoms with Gasteiger partial charge in [0.25, 0.3) is 5.69 Å². The minimum Gasteiger partial charge on any atom is -0.494 e. The van der Waals surface area contributed by atoms with Crippen LogP contribution >= 0.6 is 0 Å². The van der Waals surface area contributed by atoms with Crippen LogP contribution in [0, 0.1) is 10.1 Å². The second-order valence-electron chi connectivity index (χ2n) is 6.50. The molecule has 0 aliphatic carbocycles. The number of hydrogen-bond donors (Lipinski definition) is 1. The summed E-state index contributed by atoms with van der Waals surface area (Å²) in [6.45, 7) is 2.88. The highest BCUT2D eigenvalue weighted by atomic mass is 16.6. The number of nitro benzene ring substituents is 1. The molecule has 146 valence electrons. The van der Waals surface area contributed by atoms with Crippen LogP contribution in [0.15, 0.2) is 48.5 Å². The van der Waals surface area contributed by atoms with Crippen molar-refractivity contribution in [3.05, 3.63) is 64.2 Å². The van der Waals surface area contributed by atoms with Gasteiger partial charge in [-0.15, -0.1) is 0 Å². The summed E-state index contributed by atoms with van der Waals surface area (Å²) in [5.74, 6) is 0.468. The van der Waals surface area contributed by atoms with Gasteiger partial charge in [-0.2, -0.15) is 0 Å². The summed E-state index contributed by atoms with van der Waals surface area (Å²) < 4.78 is 5.40. The highest BCUT2D eigenvalue weighted by Crippen LogP contribution is 2.24. The summed E-state index contributed by atoms with van der Waals surface area (Å²) in [4.78, 5) is 36.4. The van der Waals surface area contributed by atoms with Crippen LogP contribution in [0.4, 0.5) is 11.4 Å². The van der Waals surface area contributed by atoms with Crippen molar-refractivity contribution in [2.75, 3.05) is 18.1 Å². The zero-order valence-electron chi connectivity index (χ0n) is 15.5. The smallest absolute Gasteiger partial charge is 0.269 e. The third-order valence-electron chi connectivity index (χ3n) is 4.46. The van der Waals surface area contributed by atoms with Gasteiger partial charge in [0.05, 0.1) is 24.0 Å². The lowest BCUT2D eigenvalue weighted by Gasteiger charge is -2.17. The number of rotatable bonds is 7. The number of hydrogen-bond acceptors (Lipinski definition) is 5. The first-order chi connectivity index (χ1) is 13.5. The highest BCUT2D eigenvalue weighted by molar-refractivity contribution is 5.97. The third-order valence-corrected chi connectivity index (χ3v) is 4.46.